The largest absolute Gasteiger partial charge is 0.493 e. The van der Waals surface area contributed by atoms with Crippen LogP contribution < -0.4 is 14.8 Å². The molecule has 0 bridgehead atoms. The standard InChI is InChI=1S/C21H24F2N2O5/c1-29-17-12-13(6-7-16(17)30-21(22)23)8-10-24-18(26)9-11-25-19(27)14-4-2-3-5-15(14)20(25)28/h2-3,6-7,12,14-15,21H,4-5,8-11H2,1H3,(H,24,26)/t14-,15-/m0/s1. The summed E-state index contributed by atoms with van der Waals surface area (Å²) in [6.07, 6.45) is 5.47. The molecule has 0 saturated carbocycles. The Hall–Kier alpha value is -2.97. The number of ether oxygens (including phenoxy) is 2. The number of imide groups is 1. The van der Waals surface area contributed by atoms with Gasteiger partial charge in [-0.05, 0) is 37.0 Å². The van der Waals surface area contributed by atoms with Gasteiger partial charge in [0.15, 0.2) is 11.5 Å². The Balaban J connectivity index is 1.44. The van der Waals surface area contributed by atoms with Crippen molar-refractivity contribution in [3.05, 3.63) is 35.9 Å². The van der Waals surface area contributed by atoms with Gasteiger partial charge in [-0.25, -0.2) is 0 Å². The van der Waals surface area contributed by atoms with E-state index in [2.05, 4.69) is 10.1 Å². The number of amides is 3. The Morgan fingerprint density at radius 3 is 2.43 bits per heavy atom. The maximum Gasteiger partial charge on any atom is 0.387 e. The first-order chi connectivity index (χ1) is 14.4. The smallest absolute Gasteiger partial charge is 0.387 e. The topological polar surface area (TPSA) is 84.9 Å². The monoisotopic (exact) mass is 422 g/mol. The lowest BCUT2D eigenvalue weighted by Crippen LogP contribution is -2.35. The Bertz CT molecular complexity index is 817. The van der Waals surface area contributed by atoms with E-state index in [0.29, 0.717) is 25.8 Å². The molecule has 0 radical (unpaired) electrons. The van der Waals surface area contributed by atoms with Crippen molar-refractivity contribution in [2.75, 3.05) is 20.2 Å². The van der Waals surface area contributed by atoms with Crippen molar-refractivity contribution in [1.29, 1.82) is 0 Å². The number of fused-ring (bicyclic) bond motifs is 1. The van der Waals surface area contributed by atoms with Crippen molar-refractivity contribution in [1.82, 2.24) is 10.2 Å². The molecular formula is C21H24F2N2O5. The zero-order chi connectivity index (χ0) is 21.7. The number of nitrogens with zero attached hydrogens (tertiary/aromatic N) is 1. The fraction of sp³-hybridized carbons (Fsp3) is 0.476. The maximum atomic E-state index is 12.4. The second kappa shape index (κ2) is 9.69. The average molecular weight is 422 g/mol. The van der Waals surface area contributed by atoms with Gasteiger partial charge >= 0.3 is 6.61 Å². The van der Waals surface area contributed by atoms with Crippen LogP contribution in [0.1, 0.15) is 24.8 Å². The molecule has 0 aromatic heterocycles. The van der Waals surface area contributed by atoms with Gasteiger partial charge in [0.1, 0.15) is 0 Å². The number of rotatable bonds is 9. The van der Waals surface area contributed by atoms with Gasteiger partial charge in [0.2, 0.25) is 17.7 Å². The second-order valence-corrected chi connectivity index (χ2v) is 7.20. The van der Waals surface area contributed by atoms with Crippen molar-refractivity contribution in [2.24, 2.45) is 11.8 Å². The van der Waals surface area contributed by atoms with Crippen LogP contribution in [0.2, 0.25) is 0 Å². The number of carbonyl (C=O) groups excluding carboxylic acids is 3. The van der Waals surface area contributed by atoms with Gasteiger partial charge in [0.25, 0.3) is 0 Å². The van der Waals surface area contributed by atoms with Crippen molar-refractivity contribution >= 4 is 17.7 Å². The molecule has 3 rings (SSSR count). The number of nitrogens with one attached hydrogen (secondary N) is 1. The summed E-state index contributed by atoms with van der Waals surface area (Å²) in [4.78, 5) is 38.1. The number of alkyl halides is 2. The number of likely N-dealkylation sites (tertiary alicyclic amines) is 1. The van der Waals surface area contributed by atoms with Crippen LogP contribution in [0.5, 0.6) is 11.5 Å². The van der Waals surface area contributed by atoms with E-state index in [9.17, 15) is 23.2 Å². The quantitative estimate of drug-likeness (QED) is 0.488. The van der Waals surface area contributed by atoms with Crippen LogP contribution in [0, 0.1) is 11.8 Å². The molecule has 1 heterocycles. The van der Waals surface area contributed by atoms with E-state index in [1.165, 1.54) is 18.1 Å². The minimum absolute atomic E-state index is 0.0365. The van der Waals surface area contributed by atoms with E-state index in [4.69, 9.17) is 4.74 Å². The van der Waals surface area contributed by atoms with E-state index in [-0.39, 0.29) is 54.0 Å². The molecule has 1 saturated heterocycles. The second-order valence-electron chi connectivity index (χ2n) is 7.20. The lowest BCUT2D eigenvalue weighted by Gasteiger charge is -2.14. The molecule has 1 aromatic rings. The van der Waals surface area contributed by atoms with Crippen molar-refractivity contribution in [3.8, 4) is 11.5 Å². The molecule has 1 N–H and O–H groups in total. The van der Waals surface area contributed by atoms with E-state index >= 15 is 0 Å². The van der Waals surface area contributed by atoms with Crippen LogP contribution in [-0.4, -0.2) is 49.4 Å². The molecule has 1 fully saturated rings. The Kier molecular flexibility index (Phi) is 7.02. The molecule has 162 valence electrons. The summed E-state index contributed by atoms with van der Waals surface area (Å²) in [7, 11) is 1.35. The summed E-state index contributed by atoms with van der Waals surface area (Å²) >= 11 is 0. The number of carbonyl (C=O) groups is 3. The molecule has 7 nitrogen and oxygen atoms in total. The summed E-state index contributed by atoms with van der Waals surface area (Å²) < 4.78 is 34.2. The van der Waals surface area contributed by atoms with Gasteiger partial charge < -0.3 is 14.8 Å². The minimum Gasteiger partial charge on any atom is -0.493 e. The predicted octanol–water partition coefficient (Wildman–Crippen LogP) is 2.30. The third-order valence-electron chi connectivity index (χ3n) is 5.34. The Morgan fingerprint density at radius 2 is 1.83 bits per heavy atom. The molecule has 9 heteroatoms. The van der Waals surface area contributed by atoms with E-state index < -0.39 is 6.61 Å². The molecule has 3 amide bonds. The molecule has 1 aromatic carbocycles. The highest BCUT2D eigenvalue weighted by molar-refractivity contribution is 6.05. The fourth-order valence-corrected chi connectivity index (χ4v) is 3.80. The van der Waals surface area contributed by atoms with Gasteiger partial charge in [-0.2, -0.15) is 8.78 Å². The fourth-order valence-electron chi connectivity index (χ4n) is 3.80. The van der Waals surface area contributed by atoms with Crippen LogP contribution in [-0.2, 0) is 20.8 Å². The Labute approximate surface area is 173 Å². The summed E-state index contributed by atoms with van der Waals surface area (Å²) in [6, 6.07) is 4.58. The maximum absolute atomic E-state index is 12.4. The van der Waals surface area contributed by atoms with Crippen LogP contribution in [0.3, 0.4) is 0 Å². The third kappa shape index (κ3) is 4.95. The number of benzene rings is 1. The van der Waals surface area contributed by atoms with E-state index in [1.807, 2.05) is 12.2 Å². The van der Waals surface area contributed by atoms with E-state index in [0.717, 1.165) is 5.56 Å². The zero-order valence-corrected chi connectivity index (χ0v) is 16.6. The summed E-state index contributed by atoms with van der Waals surface area (Å²) in [5.41, 5.74) is 0.773. The lowest BCUT2D eigenvalue weighted by molar-refractivity contribution is -0.140. The van der Waals surface area contributed by atoms with Crippen LogP contribution in [0.25, 0.3) is 0 Å². The van der Waals surface area contributed by atoms with Crippen LogP contribution in [0.15, 0.2) is 30.4 Å². The van der Waals surface area contributed by atoms with Crippen LogP contribution in [0.4, 0.5) is 8.78 Å². The van der Waals surface area contributed by atoms with Gasteiger partial charge in [0, 0.05) is 19.5 Å². The normalized spacial score (nSPS) is 20.5. The van der Waals surface area contributed by atoms with Crippen molar-refractivity contribution < 1.29 is 32.6 Å². The van der Waals surface area contributed by atoms with E-state index in [1.54, 1.807) is 12.1 Å². The molecule has 0 unspecified atom stereocenters. The number of halogens is 2. The highest BCUT2D eigenvalue weighted by Crippen LogP contribution is 2.35. The van der Waals surface area contributed by atoms with Gasteiger partial charge in [0.05, 0.1) is 18.9 Å². The average Bonchev–Trinajstić information content (AvgIpc) is 2.97. The first kappa shape index (κ1) is 21.7. The number of hydrogen-bond acceptors (Lipinski definition) is 5. The number of methoxy groups -OCH3 is 1. The van der Waals surface area contributed by atoms with Gasteiger partial charge in [-0.1, -0.05) is 18.2 Å². The Morgan fingerprint density at radius 1 is 1.17 bits per heavy atom. The lowest BCUT2D eigenvalue weighted by atomic mass is 9.85. The first-order valence-corrected chi connectivity index (χ1v) is 9.79. The molecule has 30 heavy (non-hydrogen) atoms. The van der Waals surface area contributed by atoms with Gasteiger partial charge in [-0.3, -0.25) is 19.3 Å². The van der Waals surface area contributed by atoms with Gasteiger partial charge in [-0.15, -0.1) is 0 Å². The minimum atomic E-state index is -2.95. The molecule has 0 spiro atoms. The molecule has 1 aliphatic heterocycles. The number of allylic oxidation sites excluding steroid dienone is 2. The third-order valence-corrected chi connectivity index (χ3v) is 5.34. The zero-order valence-electron chi connectivity index (χ0n) is 16.6. The highest BCUT2D eigenvalue weighted by Gasteiger charge is 2.46. The SMILES string of the molecule is COc1cc(CCNC(=O)CCN2C(=O)[C@H]3CC=CC[C@@H]3C2=O)ccc1OC(F)F. The number of hydrogen-bond donors (Lipinski definition) is 1. The highest BCUT2D eigenvalue weighted by atomic mass is 19.3. The molecular weight excluding hydrogens is 398 g/mol. The van der Waals surface area contributed by atoms with Crippen LogP contribution >= 0.6 is 0 Å². The summed E-state index contributed by atoms with van der Waals surface area (Å²) in [5, 5.41) is 2.74. The predicted molar refractivity (Wildman–Crippen MR) is 103 cm³/mol. The molecule has 2 aliphatic rings. The summed E-state index contributed by atoms with van der Waals surface area (Å²) in [6.45, 7) is -2.56. The molecule has 1 aliphatic carbocycles. The van der Waals surface area contributed by atoms with Crippen molar-refractivity contribution in [2.45, 2.75) is 32.3 Å². The summed E-state index contributed by atoms with van der Waals surface area (Å²) in [5.74, 6) is -1.12. The first-order valence-electron chi connectivity index (χ1n) is 9.79. The van der Waals surface area contributed by atoms with Crippen molar-refractivity contribution in [3.63, 3.8) is 0 Å². The molecule has 2 atom stereocenters.